The fourth-order valence-electron chi connectivity index (χ4n) is 1.17. The summed E-state index contributed by atoms with van der Waals surface area (Å²) in [7, 11) is 0. The molecule has 1 aromatic carbocycles. The van der Waals surface area contributed by atoms with Crippen LogP contribution in [-0.2, 0) is 0 Å². The standard InChI is InChI=1S/C9H8FN3S/c1-5-2-3-6(10)4-7(5)8-12-13-9(11)14-8/h2-4H,1H3,(H2,11,13). The summed E-state index contributed by atoms with van der Waals surface area (Å²) in [5.74, 6) is -0.278. The summed E-state index contributed by atoms with van der Waals surface area (Å²) in [6.07, 6.45) is 0. The number of benzene rings is 1. The quantitative estimate of drug-likeness (QED) is 0.783. The summed E-state index contributed by atoms with van der Waals surface area (Å²) >= 11 is 1.25. The Labute approximate surface area is 84.4 Å². The van der Waals surface area contributed by atoms with E-state index in [4.69, 9.17) is 5.73 Å². The summed E-state index contributed by atoms with van der Waals surface area (Å²) < 4.78 is 13.0. The molecule has 0 spiro atoms. The van der Waals surface area contributed by atoms with Gasteiger partial charge in [-0.15, -0.1) is 10.2 Å². The molecular weight excluding hydrogens is 201 g/mol. The van der Waals surface area contributed by atoms with Crippen molar-refractivity contribution in [3.63, 3.8) is 0 Å². The zero-order valence-corrected chi connectivity index (χ0v) is 8.31. The number of aromatic nitrogens is 2. The van der Waals surface area contributed by atoms with Gasteiger partial charge in [0.25, 0.3) is 0 Å². The lowest BCUT2D eigenvalue weighted by Crippen LogP contribution is -1.84. The van der Waals surface area contributed by atoms with E-state index in [0.717, 1.165) is 11.1 Å². The predicted molar refractivity (Wildman–Crippen MR) is 54.5 cm³/mol. The van der Waals surface area contributed by atoms with Crippen molar-refractivity contribution in [3.05, 3.63) is 29.6 Å². The first-order valence-corrected chi connectivity index (χ1v) is 4.84. The average molecular weight is 209 g/mol. The number of halogens is 1. The van der Waals surface area contributed by atoms with Crippen molar-refractivity contribution < 1.29 is 4.39 Å². The highest BCUT2D eigenvalue weighted by atomic mass is 32.1. The lowest BCUT2D eigenvalue weighted by Gasteiger charge is -2.00. The smallest absolute Gasteiger partial charge is 0.203 e. The van der Waals surface area contributed by atoms with Crippen molar-refractivity contribution in [3.8, 4) is 10.6 Å². The van der Waals surface area contributed by atoms with Crippen molar-refractivity contribution in [1.82, 2.24) is 10.2 Å². The van der Waals surface area contributed by atoms with Gasteiger partial charge in [0.15, 0.2) is 0 Å². The van der Waals surface area contributed by atoms with Crippen LogP contribution < -0.4 is 5.73 Å². The maximum atomic E-state index is 13.0. The summed E-state index contributed by atoms with van der Waals surface area (Å²) in [4.78, 5) is 0. The maximum absolute atomic E-state index is 13.0. The van der Waals surface area contributed by atoms with Gasteiger partial charge >= 0.3 is 0 Å². The van der Waals surface area contributed by atoms with Gasteiger partial charge in [0.2, 0.25) is 5.13 Å². The van der Waals surface area contributed by atoms with Gasteiger partial charge < -0.3 is 5.73 Å². The molecule has 0 fully saturated rings. The SMILES string of the molecule is Cc1ccc(F)cc1-c1nnc(N)s1. The second-order valence-electron chi connectivity index (χ2n) is 2.90. The zero-order chi connectivity index (χ0) is 10.1. The highest BCUT2D eigenvalue weighted by Crippen LogP contribution is 2.27. The molecule has 2 aromatic rings. The van der Waals surface area contributed by atoms with Crippen molar-refractivity contribution in [2.75, 3.05) is 5.73 Å². The Morgan fingerprint density at radius 3 is 2.79 bits per heavy atom. The summed E-state index contributed by atoms with van der Waals surface area (Å²) in [5.41, 5.74) is 7.17. The molecular formula is C9H8FN3S. The second-order valence-corrected chi connectivity index (χ2v) is 3.91. The van der Waals surface area contributed by atoms with Crippen molar-refractivity contribution in [1.29, 1.82) is 0 Å². The summed E-state index contributed by atoms with van der Waals surface area (Å²) in [5, 5.41) is 8.60. The molecule has 2 N–H and O–H groups in total. The molecule has 1 aromatic heterocycles. The molecule has 0 amide bonds. The van der Waals surface area contributed by atoms with Gasteiger partial charge in [-0.1, -0.05) is 17.4 Å². The molecule has 0 unspecified atom stereocenters. The van der Waals surface area contributed by atoms with E-state index in [-0.39, 0.29) is 5.82 Å². The third-order valence-corrected chi connectivity index (χ3v) is 2.66. The Morgan fingerprint density at radius 2 is 2.14 bits per heavy atom. The third-order valence-electron chi connectivity index (χ3n) is 1.87. The van der Waals surface area contributed by atoms with E-state index in [2.05, 4.69) is 10.2 Å². The van der Waals surface area contributed by atoms with Gasteiger partial charge in [-0.2, -0.15) is 0 Å². The van der Waals surface area contributed by atoms with E-state index in [1.807, 2.05) is 6.92 Å². The van der Waals surface area contributed by atoms with Crippen LogP contribution in [0.2, 0.25) is 0 Å². The van der Waals surface area contributed by atoms with Gasteiger partial charge in [-0.3, -0.25) is 0 Å². The minimum atomic E-state index is -0.278. The molecule has 0 atom stereocenters. The molecule has 5 heteroatoms. The molecule has 0 saturated carbocycles. The Morgan fingerprint density at radius 1 is 1.36 bits per heavy atom. The number of aryl methyl sites for hydroxylation is 1. The molecule has 0 radical (unpaired) electrons. The minimum Gasteiger partial charge on any atom is -0.374 e. The van der Waals surface area contributed by atoms with Crippen LogP contribution in [0.5, 0.6) is 0 Å². The Hall–Kier alpha value is -1.49. The molecule has 1 heterocycles. The molecule has 0 aliphatic carbocycles. The molecule has 72 valence electrons. The number of nitrogens with two attached hydrogens (primary N) is 1. The molecule has 0 saturated heterocycles. The highest BCUT2D eigenvalue weighted by Gasteiger charge is 2.08. The van der Waals surface area contributed by atoms with Crippen LogP contribution in [0.25, 0.3) is 10.6 Å². The van der Waals surface area contributed by atoms with Gasteiger partial charge in [0, 0.05) is 5.56 Å². The van der Waals surface area contributed by atoms with Crippen LogP contribution in [0.15, 0.2) is 18.2 Å². The van der Waals surface area contributed by atoms with Gasteiger partial charge in [-0.05, 0) is 24.6 Å². The van der Waals surface area contributed by atoms with Crippen molar-refractivity contribution >= 4 is 16.5 Å². The molecule has 0 aliphatic heterocycles. The number of anilines is 1. The molecule has 14 heavy (non-hydrogen) atoms. The van der Waals surface area contributed by atoms with E-state index in [1.165, 1.54) is 23.5 Å². The van der Waals surface area contributed by atoms with E-state index >= 15 is 0 Å². The molecule has 0 bridgehead atoms. The van der Waals surface area contributed by atoms with Crippen LogP contribution in [0.1, 0.15) is 5.56 Å². The largest absolute Gasteiger partial charge is 0.374 e. The monoisotopic (exact) mass is 209 g/mol. The first-order valence-electron chi connectivity index (χ1n) is 4.02. The van der Waals surface area contributed by atoms with Crippen LogP contribution in [-0.4, -0.2) is 10.2 Å². The summed E-state index contributed by atoms with van der Waals surface area (Å²) in [6, 6.07) is 4.57. The number of hydrogen-bond donors (Lipinski definition) is 1. The summed E-state index contributed by atoms with van der Waals surface area (Å²) in [6.45, 7) is 1.90. The van der Waals surface area contributed by atoms with Gasteiger partial charge in [0.05, 0.1) is 0 Å². The zero-order valence-electron chi connectivity index (χ0n) is 7.49. The topological polar surface area (TPSA) is 51.8 Å². The Bertz CT molecular complexity index is 467. The van der Waals surface area contributed by atoms with Crippen molar-refractivity contribution in [2.45, 2.75) is 6.92 Å². The predicted octanol–water partition coefficient (Wildman–Crippen LogP) is 2.23. The first kappa shape index (κ1) is 9.08. The van der Waals surface area contributed by atoms with E-state index < -0.39 is 0 Å². The van der Waals surface area contributed by atoms with Gasteiger partial charge in [0.1, 0.15) is 10.8 Å². The highest BCUT2D eigenvalue weighted by molar-refractivity contribution is 7.18. The fourth-order valence-corrected chi connectivity index (χ4v) is 1.86. The van der Waals surface area contributed by atoms with Crippen LogP contribution >= 0.6 is 11.3 Å². The number of nitrogens with zero attached hydrogens (tertiary/aromatic N) is 2. The minimum absolute atomic E-state index is 0.278. The molecule has 3 nitrogen and oxygen atoms in total. The van der Waals surface area contributed by atoms with Gasteiger partial charge in [-0.25, -0.2) is 4.39 Å². The van der Waals surface area contributed by atoms with Crippen LogP contribution in [0.4, 0.5) is 9.52 Å². The van der Waals surface area contributed by atoms with E-state index in [1.54, 1.807) is 6.07 Å². The Balaban J connectivity index is 2.55. The Kier molecular flexibility index (Phi) is 2.17. The lowest BCUT2D eigenvalue weighted by molar-refractivity contribution is 0.628. The first-order chi connectivity index (χ1) is 6.66. The van der Waals surface area contributed by atoms with Crippen LogP contribution in [0.3, 0.4) is 0 Å². The number of nitrogen functional groups attached to an aromatic ring is 1. The lowest BCUT2D eigenvalue weighted by atomic mass is 10.1. The molecule has 0 aliphatic rings. The second kappa shape index (κ2) is 3.34. The van der Waals surface area contributed by atoms with Crippen LogP contribution in [0, 0.1) is 12.7 Å². The third kappa shape index (κ3) is 1.58. The average Bonchev–Trinajstić information content (AvgIpc) is 2.56. The number of hydrogen-bond acceptors (Lipinski definition) is 4. The normalized spacial score (nSPS) is 10.4. The van der Waals surface area contributed by atoms with Crippen molar-refractivity contribution in [2.24, 2.45) is 0 Å². The maximum Gasteiger partial charge on any atom is 0.203 e. The van der Waals surface area contributed by atoms with E-state index in [0.29, 0.717) is 10.1 Å². The fraction of sp³-hybridized carbons (Fsp3) is 0.111. The van der Waals surface area contributed by atoms with E-state index in [9.17, 15) is 4.39 Å². The number of rotatable bonds is 1. The molecule has 2 rings (SSSR count).